The minimum atomic E-state index is -0.970. The molecular formula is C27H38AsNO4. The van der Waals surface area contributed by atoms with Crippen LogP contribution in [0.2, 0.25) is 16.1 Å². The summed E-state index contributed by atoms with van der Waals surface area (Å²) in [6.45, 7) is 4.27. The monoisotopic (exact) mass is 515 g/mol. The van der Waals surface area contributed by atoms with Gasteiger partial charge in [0.05, 0.1) is 0 Å². The van der Waals surface area contributed by atoms with Crippen LogP contribution in [0.1, 0.15) is 37.8 Å². The molecule has 2 aromatic rings. The molecule has 0 saturated carbocycles. The summed E-state index contributed by atoms with van der Waals surface area (Å²) in [5.74, 6) is 3.12. The number of benzene rings is 2. The van der Waals surface area contributed by atoms with Crippen molar-refractivity contribution in [2.75, 3.05) is 28.4 Å². The van der Waals surface area contributed by atoms with Gasteiger partial charge in [-0.3, -0.25) is 0 Å². The minimum absolute atomic E-state index is 0.199. The van der Waals surface area contributed by atoms with E-state index in [1.807, 2.05) is 24.3 Å². The zero-order chi connectivity index (χ0) is 24.4. The van der Waals surface area contributed by atoms with Gasteiger partial charge in [0, 0.05) is 0 Å². The van der Waals surface area contributed by atoms with Gasteiger partial charge in [-0.2, -0.15) is 0 Å². The number of hydrogen-bond acceptors (Lipinski definition) is 5. The second-order valence-electron chi connectivity index (χ2n) is 8.65. The summed E-state index contributed by atoms with van der Waals surface area (Å²) in [6, 6.07) is 14.8. The van der Waals surface area contributed by atoms with Crippen molar-refractivity contribution < 1.29 is 18.9 Å². The van der Waals surface area contributed by atoms with Gasteiger partial charge in [-0.1, -0.05) is 0 Å². The Morgan fingerprint density at radius 1 is 0.848 bits per heavy atom. The van der Waals surface area contributed by atoms with E-state index in [0.717, 1.165) is 36.3 Å². The van der Waals surface area contributed by atoms with Gasteiger partial charge in [0.15, 0.2) is 0 Å². The number of aryl methyl sites for hydroxylation is 1. The summed E-state index contributed by atoms with van der Waals surface area (Å²) >= 11 is -0.970. The molecule has 5 nitrogen and oxygen atoms in total. The molecule has 0 aliphatic carbocycles. The summed E-state index contributed by atoms with van der Waals surface area (Å²) in [6.07, 6.45) is 2.97. The van der Waals surface area contributed by atoms with E-state index in [1.165, 1.54) is 16.0 Å². The number of methoxy groups -OCH3 is 4. The number of rotatable bonds is 13. The van der Waals surface area contributed by atoms with Crippen molar-refractivity contribution in [2.45, 2.75) is 54.7 Å². The Balaban J connectivity index is 2.02. The van der Waals surface area contributed by atoms with Gasteiger partial charge >= 0.3 is 204 Å². The summed E-state index contributed by atoms with van der Waals surface area (Å²) in [4.78, 5) is 0. The average molecular weight is 516 g/mol. The third-order valence-electron chi connectivity index (χ3n) is 6.42. The first-order chi connectivity index (χ1) is 15.8. The molecule has 0 spiro atoms. The molecule has 2 atom stereocenters. The first kappa shape index (κ1) is 26.9. The van der Waals surface area contributed by atoms with Crippen LogP contribution in [-0.2, 0) is 11.8 Å². The van der Waals surface area contributed by atoms with Crippen LogP contribution >= 0.6 is 0 Å². The van der Waals surface area contributed by atoms with E-state index in [1.54, 1.807) is 28.4 Å². The van der Waals surface area contributed by atoms with Crippen LogP contribution in [0.5, 0.6) is 23.0 Å². The van der Waals surface area contributed by atoms with Crippen LogP contribution in [-0.4, -0.2) is 43.1 Å². The predicted molar refractivity (Wildman–Crippen MR) is 135 cm³/mol. The van der Waals surface area contributed by atoms with Gasteiger partial charge < -0.3 is 0 Å². The molecule has 0 saturated heterocycles. The molecule has 0 aliphatic heterocycles. The van der Waals surface area contributed by atoms with Gasteiger partial charge in [0.1, 0.15) is 0 Å². The van der Waals surface area contributed by atoms with Crippen molar-refractivity contribution in [1.29, 1.82) is 5.26 Å². The Morgan fingerprint density at radius 3 is 1.97 bits per heavy atom. The van der Waals surface area contributed by atoms with Crippen molar-refractivity contribution in [3.63, 3.8) is 0 Å². The maximum absolute atomic E-state index is 10.3. The molecule has 0 aliphatic rings. The van der Waals surface area contributed by atoms with Crippen LogP contribution in [0.15, 0.2) is 36.4 Å². The molecule has 0 bridgehead atoms. The molecule has 2 rings (SSSR count). The number of nitriles is 1. The Morgan fingerprint density at radius 2 is 1.42 bits per heavy atom. The van der Waals surface area contributed by atoms with E-state index in [9.17, 15) is 5.26 Å². The Kier molecular flexibility index (Phi) is 10.4. The van der Waals surface area contributed by atoms with Gasteiger partial charge in [-0.15, -0.1) is 0 Å². The number of ether oxygens (including phenoxy) is 4. The fourth-order valence-corrected chi connectivity index (χ4v) is 7.50. The summed E-state index contributed by atoms with van der Waals surface area (Å²) in [7, 11) is 6.60. The van der Waals surface area contributed by atoms with E-state index in [0.29, 0.717) is 11.5 Å². The molecule has 0 N–H and O–H groups in total. The zero-order valence-corrected chi connectivity index (χ0v) is 23.0. The molecule has 180 valence electrons. The topological polar surface area (TPSA) is 60.7 Å². The molecule has 33 heavy (non-hydrogen) atoms. The van der Waals surface area contributed by atoms with Crippen molar-refractivity contribution in [1.82, 2.24) is 0 Å². The standard InChI is InChI=1S/C27H38AsNO4/c1-20(2)27(19-29,22-10-12-24(31-5)26(18-22)33-7)14-8-15-28(3)16-13-21-9-11-23(30-4)25(17-21)32-6/h9-12,17-18,20H,8,13-16H2,1-7H3. The molecule has 0 aromatic heterocycles. The van der Waals surface area contributed by atoms with E-state index in [4.69, 9.17) is 18.9 Å². The molecule has 2 aromatic carbocycles. The van der Waals surface area contributed by atoms with E-state index >= 15 is 0 Å². The molecular weight excluding hydrogens is 477 g/mol. The summed E-state index contributed by atoms with van der Waals surface area (Å²) in [5.41, 5.74) is 4.21. The Hall–Kier alpha value is -2.31. The van der Waals surface area contributed by atoms with Crippen LogP contribution in [0, 0.1) is 17.2 Å². The average Bonchev–Trinajstić information content (AvgIpc) is 2.84. The molecule has 0 radical (unpaired) electrons. The van der Waals surface area contributed by atoms with Crippen LogP contribution in [0.4, 0.5) is 0 Å². The molecule has 6 heteroatoms. The molecule has 0 heterocycles. The third-order valence-corrected chi connectivity index (χ3v) is 10.8. The zero-order valence-electron chi connectivity index (χ0n) is 21.1. The number of nitrogens with zero attached hydrogens (tertiary/aromatic N) is 1. The summed E-state index contributed by atoms with van der Waals surface area (Å²) in [5, 5.41) is 12.7. The van der Waals surface area contributed by atoms with Crippen molar-refractivity contribution in [3.05, 3.63) is 47.5 Å². The quantitative estimate of drug-likeness (QED) is 0.294. The second kappa shape index (κ2) is 12.8. The second-order valence-corrected chi connectivity index (χ2v) is 14.1. The maximum atomic E-state index is 10.3. The van der Waals surface area contributed by atoms with Crippen molar-refractivity contribution >= 4 is 14.7 Å². The normalized spacial score (nSPS) is 13.7. The van der Waals surface area contributed by atoms with Gasteiger partial charge in [0.2, 0.25) is 0 Å². The fourth-order valence-electron chi connectivity index (χ4n) is 4.23. The van der Waals surface area contributed by atoms with E-state index < -0.39 is 20.1 Å². The predicted octanol–water partition coefficient (Wildman–Crippen LogP) is 6.29. The van der Waals surface area contributed by atoms with Gasteiger partial charge in [-0.05, 0) is 0 Å². The SMILES string of the molecule is COc1ccc(CC[As](C)CCCC(C#N)(c2ccc(OC)c(OC)c2)C(C)C)cc1OC. The first-order valence-electron chi connectivity index (χ1n) is 11.4. The molecule has 0 amide bonds. The van der Waals surface area contributed by atoms with Gasteiger partial charge in [0.25, 0.3) is 0 Å². The van der Waals surface area contributed by atoms with Gasteiger partial charge in [-0.25, -0.2) is 0 Å². The molecule has 2 unspecified atom stereocenters. The Labute approximate surface area is 204 Å². The summed E-state index contributed by atoms with van der Waals surface area (Å²) < 4.78 is 21.7. The third kappa shape index (κ3) is 6.61. The van der Waals surface area contributed by atoms with Crippen LogP contribution in [0.25, 0.3) is 0 Å². The molecule has 0 fully saturated rings. The van der Waals surface area contributed by atoms with Crippen LogP contribution in [0.3, 0.4) is 0 Å². The first-order valence-corrected chi connectivity index (χ1v) is 15.9. The van der Waals surface area contributed by atoms with Crippen LogP contribution < -0.4 is 18.9 Å². The van der Waals surface area contributed by atoms with E-state index in [-0.39, 0.29) is 5.92 Å². The Bertz CT molecular complexity index is 940. The fraction of sp³-hybridized carbons (Fsp3) is 0.519. The van der Waals surface area contributed by atoms with Crippen molar-refractivity contribution in [2.24, 2.45) is 5.92 Å². The number of hydrogen-bond donors (Lipinski definition) is 0. The van der Waals surface area contributed by atoms with E-state index in [2.05, 4.69) is 37.8 Å². The van der Waals surface area contributed by atoms with Crippen molar-refractivity contribution in [3.8, 4) is 29.1 Å².